The Bertz CT molecular complexity index is 1170. The van der Waals surface area contributed by atoms with Crippen LogP contribution in [0, 0.1) is 0 Å². The number of carbonyl (C=O) groups excluding carboxylic acids is 2. The summed E-state index contributed by atoms with van der Waals surface area (Å²) in [5.41, 5.74) is 0. The lowest BCUT2D eigenvalue weighted by atomic mass is 10.0. The van der Waals surface area contributed by atoms with Gasteiger partial charge in [0, 0.05) is 12.8 Å². The van der Waals surface area contributed by atoms with Gasteiger partial charge in [0.2, 0.25) is 0 Å². The molecule has 0 rings (SSSR count). The predicted octanol–water partition coefficient (Wildman–Crippen LogP) is 12.9. The van der Waals surface area contributed by atoms with Crippen molar-refractivity contribution in [2.45, 2.75) is 200 Å². The molecular formula is C51H90NO8+. The number of hydrogen-bond donors (Lipinski definition) is 1. The number of carboxylic acids is 1. The number of esters is 2. The average Bonchev–Trinajstić information content (AvgIpc) is 3.21. The number of likely N-dealkylation sites (N-methyl/N-ethyl adjacent to an activating group) is 1. The van der Waals surface area contributed by atoms with Crippen molar-refractivity contribution in [3.63, 3.8) is 0 Å². The lowest BCUT2D eigenvalue weighted by molar-refractivity contribution is -0.870. The molecule has 0 saturated heterocycles. The summed E-state index contributed by atoms with van der Waals surface area (Å²) >= 11 is 0. The van der Waals surface area contributed by atoms with Crippen LogP contribution < -0.4 is 0 Å². The number of hydrogen-bond acceptors (Lipinski definition) is 7. The highest BCUT2D eigenvalue weighted by molar-refractivity contribution is 5.71. The second-order valence-electron chi connectivity index (χ2n) is 17.0. The zero-order valence-corrected chi connectivity index (χ0v) is 39.1. The minimum absolute atomic E-state index is 0.184. The largest absolute Gasteiger partial charge is 0.477 e. The number of carboxylic acid groups (broad SMARTS) is 1. The van der Waals surface area contributed by atoms with Gasteiger partial charge in [-0.15, -0.1) is 0 Å². The zero-order chi connectivity index (χ0) is 44.2. The first kappa shape index (κ1) is 57.0. The molecule has 1 N–H and O–H groups in total. The fraction of sp³-hybridized carbons (Fsp3) is 0.745. The van der Waals surface area contributed by atoms with E-state index in [1.54, 1.807) is 0 Å². The highest BCUT2D eigenvalue weighted by Gasteiger charge is 2.25. The molecular weight excluding hydrogens is 755 g/mol. The third-order valence-electron chi connectivity index (χ3n) is 9.99. The molecule has 9 nitrogen and oxygen atoms in total. The van der Waals surface area contributed by atoms with Crippen molar-refractivity contribution in [1.29, 1.82) is 0 Å². The normalized spacial score (nSPS) is 13.4. The van der Waals surface area contributed by atoms with Crippen molar-refractivity contribution in [2.24, 2.45) is 0 Å². The van der Waals surface area contributed by atoms with Crippen molar-refractivity contribution >= 4 is 17.9 Å². The van der Waals surface area contributed by atoms with E-state index >= 15 is 0 Å². The molecule has 0 amide bonds. The highest BCUT2D eigenvalue weighted by atomic mass is 16.7. The maximum absolute atomic E-state index is 12.8. The van der Waals surface area contributed by atoms with E-state index in [2.05, 4.69) is 74.6 Å². The molecule has 9 heteroatoms. The smallest absolute Gasteiger partial charge is 0.361 e. The minimum atomic E-state index is -1.51. The van der Waals surface area contributed by atoms with Gasteiger partial charge in [0.15, 0.2) is 6.10 Å². The van der Waals surface area contributed by atoms with Gasteiger partial charge in [0.05, 0.1) is 34.4 Å². The molecule has 0 aromatic carbocycles. The lowest BCUT2D eigenvalue weighted by Crippen LogP contribution is -2.40. The summed E-state index contributed by atoms with van der Waals surface area (Å²) in [5, 5.41) is 9.63. The van der Waals surface area contributed by atoms with Crippen molar-refractivity contribution in [2.75, 3.05) is 47.5 Å². The van der Waals surface area contributed by atoms with Crippen LogP contribution in [0.3, 0.4) is 0 Å². The summed E-state index contributed by atoms with van der Waals surface area (Å²) in [4.78, 5) is 37.1. The highest BCUT2D eigenvalue weighted by Crippen LogP contribution is 2.15. The van der Waals surface area contributed by atoms with E-state index in [4.69, 9.17) is 18.9 Å². The number of allylic oxidation sites excluding steroid dienone is 10. The molecule has 2 atom stereocenters. The molecule has 0 spiro atoms. The minimum Gasteiger partial charge on any atom is -0.477 e. The molecule has 0 aromatic rings. The monoisotopic (exact) mass is 845 g/mol. The maximum atomic E-state index is 12.8. The third-order valence-corrected chi connectivity index (χ3v) is 9.99. The molecule has 0 fully saturated rings. The summed E-state index contributed by atoms with van der Waals surface area (Å²) in [6.07, 6.45) is 48.6. The number of ether oxygens (including phenoxy) is 4. The Kier molecular flexibility index (Phi) is 40.5. The Balaban J connectivity index is 4.26. The van der Waals surface area contributed by atoms with Gasteiger partial charge in [0.1, 0.15) is 13.2 Å². The standard InChI is InChI=1S/C51H89NO8/c1-6-8-10-12-14-16-18-19-20-21-22-23-24-25-26-27-28-29-30-31-32-34-36-38-40-42-49(54)60-47(46-59-51(50(55)56)57-44-43-52(3,4)5)45-58-48(53)41-39-37-35-33-17-15-13-11-9-7-2/h8,10-11,13-14,16,19-20,22-23,47,51H,6-7,9,12,15,17-18,21,24-46H2,1-5H3/p+1/b10-8-,13-11-,16-14-,20-19-,23-22-. The second kappa shape index (κ2) is 42.7. The fourth-order valence-electron chi connectivity index (χ4n) is 6.30. The molecule has 0 aliphatic carbocycles. The molecule has 0 aliphatic heterocycles. The van der Waals surface area contributed by atoms with E-state index in [9.17, 15) is 19.5 Å². The molecule has 0 saturated carbocycles. The van der Waals surface area contributed by atoms with Crippen LogP contribution in [0.15, 0.2) is 60.8 Å². The van der Waals surface area contributed by atoms with Crippen LogP contribution >= 0.6 is 0 Å². The lowest BCUT2D eigenvalue weighted by Gasteiger charge is -2.25. The van der Waals surface area contributed by atoms with Crippen LogP contribution in [0.2, 0.25) is 0 Å². The first-order valence-corrected chi connectivity index (χ1v) is 24.0. The number of quaternary nitrogens is 1. The van der Waals surface area contributed by atoms with Crippen molar-refractivity contribution < 1.29 is 42.9 Å². The van der Waals surface area contributed by atoms with E-state index in [1.807, 2.05) is 21.1 Å². The first-order chi connectivity index (χ1) is 29.1. The Labute approximate surface area is 367 Å². The van der Waals surface area contributed by atoms with Crippen molar-refractivity contribution in [3.8, 4) is 0 Å². The second-order valence-corrected chi connectivity index (χ2v) is 17.0. The molecule has 346 valence electrons. The van der Waals surface area contributed by atoms with Gasteiger partial charge >= 0.3 is 17.9 Å². The third kappa shape index (κ3) is 43.1. The van der Waals surface area contributed by atoms with Gasteiger partial charge in [-0.1, -0.05) is 164 Å². The Morgan fingerprint density at radius 2 is 0.950 bits per heavy atom. The number of unbranched alkanes of at least 4 members (excludes halogenated alkanes) is 18. The van der Waals surface area contributed by atoms with Gasteiger partial charge in [-0.2, -0.15) is 0 Å². The average molecular weight is 845 g/mol. The first-order valence-electron chi connectivity index (χ1n) is 24.0. The maximum Gasteiger partial charge on any atom is 0.361 e. The van der Waals surface area contributed by atoms with E-state index in [0.29, 0.717) is 17.4 Å². The zero-order valence-electron chi connectivity index (χ0n) is 39.1. The van der Waals surface area contributed by atoms with Crippen LogP contribution in [0.4, 0.5) is 0 Å². The molecule has 2 unspecified atom stereocenters. The van der Waals surface area contributed by atoms with E-state index < -0.39 is 24.3 Å². The summed E-state index contributed by atoms with van der Waals surface area (Å²) < 4.78 is 22.7. The van der Waals surface area contributed by atoms with Gasteiger partial charge < -0.3 is 28.5 Å². The number of rotatable bonds is 43. The summed E-state index contributed by atoms with van der Waals surface area (Å²) in [6, 6.07) is 0. The molecule has 0 bridgehead atoms. The van der Waals surface area contributed by atoms with Crippen LogP contribution in [0.1, 0.15) is 187 Å². The van der Waals surface area contributed by atoms with Crippen LogP contribution in [-0.4, -0.2) is 87.4 Å². The molecule has 60 heavy (non-hydrogen) atoms. The van der Waals surface area contributed by atoms with Gasteiger partial charge in [-0.05, 0) is 70.6 Å². The Morgan fingerprint density at radius 3 is 1.43 bits per heavy atom. The molecule has 0 aromatic heterocycles. The van der Waals surface area contributed by atoms with Crippen LogP contribution in [-0.2, 0) is 33.3 Å². The summed E-state index contributed by atoms with van der Waals surface area (Å²) in [6.45, 7) is 4.67. The van der Waals surface area contributed by atoms with Crippen LogP contribution in [0.5, 0.6) is 0 Å². The van der Waals surface area contributed by atoms with Gasteiger partial charge in [-0.3, -0.25) is 9.59 Å². The quantitative estimate of drug-likeness (QED) is 0.0212. The van der Waals surface area contributed by atoms with E-state index in [0.717, 1.165) is 89.9 Å². The molecule has 0 aliphatic rings. The number of nitrogens with zero attached hydrogens (tertiary/aromatic N) is 1. The number of aliphatic carboxylic acids is 1. The Morgan fingerprint density at radius 1 is 0.517 bits per heavy atom. The SMILES string of the molecule is CC/C=C\C/C=C\C/C=C\C/C=C\CCCCCCCCCCCCCCC(=O)OC(COC(=O)CCCCCCC/C=C\CCC)COC(OCC[N+](C)(C)C)C(=O)O. The molecule has 0 radical (unpaired) electrons. The predicted molar refractivity (Wildman–Crippen MR) is 249 cm³/mol. The van der Waals surface area contributed by atoms with Gasteiger partial charge in [-0.25, -0.2) is 4.79 Å². The van der Waals surface area contributed by atoms with Crippen LogP contribution in [0.25, 0.3) is 0 Å². The molecule has 0 heterocycles. The van der Waals surface area contributed by atoms with E-state index in [-0.39, 0.29) is 38.6 Å². The van der Waals surface area contributed by atoms with Gasteiger partial charge in [0.25, 0.3) is 6.29 Å². The summed E-state index contributed by atoms with van der Waals surface area (Å²) in [7, 11) is 5.95. The topological polar surface area (TPSA) is 108 Å². The van der Waals surface area contributed by atoms with E-state index in [1.165, 1.54) is 64.2 Å². The Hall–Kier alpha value is -3.01. The fourth-order valence-corrected chi connectivity index (χ4v) is 6.30. The van der Waals surface area contributed by atoms with Crippen molar-refractivity contribution in [1.82, 2.24) is 0 Å². The van der Waals surface area contributed by atoms with Crippen molar-refractivity contribution in [3.05, 3.63) is 60.8 Å². The number of carbonyl (C=O) groups is 3. The summed E-state index contributed by atoms with van der Waals surface area (Å²) in [5.74, 6) is -2.03.